The van der Waals surface area contributed by atoms with Crippen LogP contribution in [0.5, 0.6) is 0 Å². The van der Waals surface area contributed by atoms with Gasteiger partial charge in [0.25, 0.3) is 0 Å². The zero-order valence-electron chi connectivity index (χ0n) is 17.4. The first kappa shape index (κ1) is 23.7. The molecule has 2 N–H and O–H groups in total. The Morgan fingerprint density at radius 2 is 1.96 bits per heavy atom. The van der Waals surface area contributed by atoms with Gasteiger partial charge >= 0.3 is 0 Å². The summed E-state index contributed by atoms with van der Waals surface area (Å²) in [5.74, 6) is 0.938. The Morgan fingerprint density at radius 3 is 2.57 bits per heavy atom. The molecule has 1 aromatic rings. The molecular weight excluding hydrogens is 485 g/mol. The number of guanidine groups is 1. The Kier molecular flexibility index (Phi) is 10.3. The van der Waals surface area contributed by atoms with E-state index in [-0.39, 0.29) is 24.0 Å². The summed E-state index contributed by atoms with van der Waals surface area (Å²) in [5, 5.41) is 10.6. The summed E-state index contributed by atoms with van der Waals surface area (Å²) in [6, 6.07) is 4.86. The number of nitrogens with one attached hydrogen (secondary N) is 2. The van der Waals surface area contributed by atoms with Gasteiger partial charge in [0.1, 0.15) is 0 Å². The van der Waals surface area contributed by atoms with E-state index >= 15 is 0 Å². The van der Waals surface area contributed by atoms with E-state index in [1.54, 1.807) is 0 Å². The summed E-state index contributed by atoms with van der Waals surface area (Å²) in [7, 11) is 1.86. The second kappa shape index (κ2) is 12.2. The van der Waals surface area contributed by atoms with Gasteiger partial charge in [-0.25, -0.2) is 0 Å². The van der Waals surface area contributed by atoms with Gasteiger partial charge in [-0.2, -0.15) is 0 Å². The molecule has 28 heavy (non-hydrogen) atoms. The molecule has 3 rings (SSSR count). The van der Waals surface area contributed by atoms with Crippen molar-refractivity contribution in [1.29, 1.82) is 0 Å². The second-order valence-corrected chi connectivity index (χ2v) is 8.65. The van der Waals surface area contributed by atoms with Crippen LogP contribution in [0.3, 0.4) is 0 Å². The molecule has 0 saturated carbocycles. The molecule has 0 aliphatic carbocycles. The first-order chi connectivity index (χ1) is 13.1. The van der Waals surface area contributed by atoms with Gasteiger partial charge in [0.15, 0.2) is 5.96 Å². The fourth-order valence-corrected chi connectivity index (χ4v) is 4.84. The number of halogens is 1. The Bertz CT molecular complexity index is 567. The molecule has 2 atom stereocenters. The van der Waals surface area contributed by atoms with Crippen molar-refractivity contribution in [1.82, 2.24) is 15.5 Å². The minimum absolute atomic E-state index is 0. The van der Waals surface area contributed by atoms with Crippen molar-refractivity contribution in [2.75, 3.05) is 51.2 Å². The lowest BCUT2D eigenvalue weighted by Crippen LogP contribution is -2.49. The first-order valence-corrected chi connectivity index (χ1v) is 11.2. The van der Waals surface area contributed by atoms with Crippen LogP contribution in [0, 0.1) is 0 Å². The Morgan fingerprint density at radius 1 is 1.25 bits per heavy atom. The third-order valence-electron chi connectivity index (χ3n) is 5.32. The minimum Gasteiger partial charge on any atom is -0.373 e. The third kappa shape index (κ3) is 7.35. The third-order valence-corrected chi connectivity index (χ3v) is 6.25. The van der Waals surface area contributed by atoms with Gasteiger partial charge in [0.2, 0.25) is 0 Å². The molecule has 1 aromatic heterocycles. The van der Waals surface area contributed by atoms with Crippen LogP contribution in [0.15, 0.2) is 22.5 Å². The highest BCUT2D eigenvalue weighted by Gasteiger charge is 2.22. The molecule has 2 fully saturated rings. The highest BCUT2D eigenvalue weighted by molar-refractivity contribution is 14.0. The Hall–Kier alpha value is -0.580. The van der Waals surface area contributed by atoms with Crippen molar-refractivity contribution in [2.24, 2.45) is 4.99 Å². The van der Waals surface area contributed by atoms with E-state index in [4.69, 9.17) is 4.74 Å². The summed E-state index contributed by atoms with van der Waals surface area (Å²) in [6.07, 6.45) is 4.12. The Balaban J connectivity index is 0.00000280. The zero-order chi connectivity index (χ0) is 19.1. The minimum atomic E-state index is 0. The van der Waals surface area contributed by atoms with E-state index in [1.807, 2.05) is 18.4 Å². The zero-order valence-corrected chi connectivity index (χ0v) is 20.5. The van der Waals surface area contributed by atoms with Gasteiger partial charge in [-0.05, 0) is 50.6 Å². The molecule has 3 heterocycles. The van der Waals surface area contributed by atoms with E-state index < -0.39 is 0 Å². The van der Waals surface area contributed by atoms with Crippen molar-refractivity contribution in [3.63, 3.8) is 0 Å². The number of hydrogen-bond donors (Lipinski definition) is 2. The second-order valence-electron chi connectivity index (χ2n) is 7.73. The van der Waals surface area contributed by atoms with Gasteiger partial charge in [-0.1, -0.05) is 0 Å². The number of ether oxygens (including phenoxy) is 1. The van der Waals surface area contributed by atoms with E-state index in [1.165, 1.54) is 5.00 Å². The van der Waals surface area contributed by atoms with Crippen LogP contribution >= 0.6 is 35.3 Å². The number of hydrogen-bond acceptors (Lipinski definition) is 5. The lowest BCUT2D eigenvalue weighted by atomic mass is 10.1. The van der Waals surface area contributed by atoms with Crippen molar-refractivity contribution in [3.05, 3.63) is 17.5 Å². The summed E-state index contributed by atoms with van der Waals surface area (Å²) in [4.78, 5) is 9.41. The van der Waals surface area contributed by atoms with Crippen molar-refractivity contribution < 1.29 is 4.74 Å². The number of piperidine rings is 1. The van der Waals surface area contributed by atoms with Crippen molar-refractivity contribution in [2.45, 2.75) is 51.4 Å². The van der Waals surface area contributed by atoms with Crippen LogP contribution in [0.4, 0.5) is 5.00 Å². The van der Waals surface area contributed by atoms with Crippen LogP contribution in [0.2, 0.25) is 0 Å². The summed E-state index contributed by atoms with van der Waals surface area (Å²) < 4.78 is 5.80. The van der Waals surface area contributed by atoms with E-state index in [2.05, 4.69) is 56.8 Å². The maximum absolute atomic E-state index is 5.80. The predicted octanol–water partition coefficient (Wildman–Crippen LogP) is 3.00. The molecule has 2 saturated heterocycles. The van der Waals surface area contributed by atoms with Crippen LogP contribution in [-0.4, -0.2) is 75.4 Å². The number of anilines is 1. The highest BCUT2D eigenvalue weighted by atomic mass is 127. The maximum Gasteiger partial charge on any atom is 0.191 e. The molecule has 160 valence electrons. The quantitative estimate of drug-likeness (QED) is 0.261. The number of aliphatic imine (C=N–C) groups is 1. The number of nitrogens with zero attached hydrogens (tertiary/aromatic N) is 3. The number of thiophene rings is 1. The molecule has 2 aliphatic heterocycles. The molecule has 0 radical (unpaired) electrons. The van der Waals surface area contributed by atoms with Crippen molar-refractivity contribution >= 4 is 46.3 Å². The normalized spacial score (nSPS) is 24.7. The number of morpholine rings is 1. The highest BCUT2D eigenvalue weighted by Crippen LogP contribution is 2.24. The summed E-state index contributed by atoms with van der Waals surface area (Å²) in [6.45, 7) is 10.7. The predicted molar refractivity (Wildman–Crippen MR) is 131 cm³/mol. The van der Waals surface area contributed by atoms with Gasteiger partial charge in [0.05, 0.1) is 17.2 Å². The molecule has 0 aromatic carbocycles. The number of rotatable bonds is 6. The monoisotopic (exact) mass is 521 g/mol. The van der Waals surface area contributed by atoms with Crippen LogP contribution < -0.4 is 15.5 Å². The van der Waals surface area contributed by atoms with Gasteiger partial charge in [-0.3, -0.25) is 9.89 Å². The maximum atomic E-state index is 5.80. The van der Waals surface area contributed by atoms with Crippen LogP contribution in [0.1, 0.15) is 33.1 Å². The van der Waals surface area contributed by atoms with E-state index in [0.29, 0.717) is 18.2 Å². The van der Waals surface area contributed by atoms with Crippen LogP contribution in [0.25, 0.3) is 0 Å². The average molecular weight is 522 g/mol. The van der Waals surface area contributed by atoms with Crippen LogP contribution in [-0.2, 0) is 4.74 Å². The standard InChI is InChI=1S/C20H35N5OS.HI/c1-16-14-24(15-17(2)26-16)10-5-9-22-20(21-3)23-18-7-11-25(12-8-18)19-6-4-13-27-19;/h4,6,13,16-18H,5,7-12,14-15H2,1-3H3,(H2,21,22,23);1H. The summed E-state index contributed by atoms with van der Waals surface area (Å²) in [5.41, 5.74) is 0. The molecule has 2 unspecified atom stereocenters. The SMILES string of the molecule is CN=C(NCCCN1CC(C)OC(C)C1)NC1CCN(c2cccs2)CC1.I. The average Bonchev–Trinajstić information content (AvgIpc) is 3.18. The molecule has 2 aliphatic rings. The van der Waals surface area contributed by atoms with Crippen molar-refractivity contribution in [3.8, 4) is 0 Å². The Labute approximate surface area is 191 Å². The summed E-state index contributed by atoms with van der Waals surface area (Å²) >= 11 is 1.83. The topological polar surface area (TPSA) is 52.1 Å². The molecular formula is C20H36IN5OS. The van der Waals surface area contributed by atoms with E-state index in [9.17, 15) is 0 Å². The molecule has 0 bridgehead atoms. The molecule has 0 spiro atoms. The van der Waals surface area contributed by atoms with E-state index in [0.717, 1.165) is 64.5 Å². The fraction of sp³-hybridized carbons (Fsp3) is 0.750. The van der Waals surface area contributed by atoms with Gasteiger partial charge in [-0.15, -0.1) is 35.3 Å². The lowest BCUT2D eigenvalue weighted by molar-refractivity contribution is -0.0679. The molecule has 8 heteroatoms. The lowest BCUT2D eigenvalue weighted by Gasteiger charge is -2.35. The molecule has 0 amide bonds. The largest absolute Gasteiger partial charge is 0.373 e. The fourth-order valence-electron chi connectivity index (χ4n) is 4.06. The smallest absolute Gasteiger partial charge is 0.191 e. The first-order valence-electron chi connectivity index (χ1n) is 10.3. The molecule has 6 nitrogen and oxygen atoms in total. The van der Waals surface area contributed by atoms with Gasteiger partial charge < -0.3 is 20.3 Å². The van der Waals surface area contributed by atoms with Gasteiger partial charge in [0, 0.05) is 52.4 Å².